The van der Waals surface area contributed by atoms with E-state index < -0.39 is 0 Å². The number of anilines is 1. The van der Waals surface area contributed by atoms with E-state index in [0.29, 0.717) is 10.9 Å². The average molecular weight is 200 g/mol. The molecule has 1 aromatic heterocycles. The fourth-order valence-corrected chi connectivity index (χ4v) is 1.38. The third-order valence-electron chi connectivity index (χ3n) is 2.09. The maximum absolute atomic E-state index is 5.69. The van der Waals surface area contributed by atoms with Crippen LogP contribution in [-0.4, -0.2) is 30.4 Å². The molecule has 1 aromatic rings. The summed E-state index contributed by atoms with van der Waals surface area (Å²) >= 11 is 5.69. The van der Waals surface area contributed by atoms with E-state index in [1.807, 2.05) is 0 Å². The fourth-order valence-electron chi connectivity index (χ4n) is 1.24. The molecule has 1 saturated heterocycles. The van der Waals surface area contributed by atoms with Crippen molar-refractivity contribution in [1.29, 1.82) is 0 Å². The molecule has 0 saturated carbocycles. The molecule has 4 nitrogen and oxygen atoms in total. The summed E-state index contributed by atoms with van der Waals surface area (Å²) in [6, 6.07) is 1.68. The van der Waals surface area contributed by atoms with Gasteiger partial charge in [-0.05, 0) is 6.42 Å². The lowest BCUT2D eigenvalue weighted by Crippen LogP contribution is -2.38. The Morgan fingerprint density at radius 2 is 2.23 bits per heavy atom. The first-order valence-corrected chi connectivity index (χ1v) is 4.51. The minimum atomic E-state index is 0.362. The molecular formula is C8H10ClN3O. The molecule has 0 radical (unpaired) electrons. The van der Waals surface area contributed by atoms with Crippen molar-refractivity contribution in [1.82, 2.24) is 10.2 Å². The molecular weight excluding hydrogens is 190 g/mol. The number of ether oxygens (including phenoxy) is 1. The Kier molecular flexibility index (Phi) is 2.22. The van der Waals surface area contributed by atoms with Gasteiger partial charge in [-0.3, -0.25) is 0 Å². The van der Waals surface area contributed by atoms with Crippen molar-refractivity contribution < 1.29 is 4.74 Å². The topological polar surface area (TPSA) is 38.3 Å². The minimum Gasteiger partial charge on any atom is -0.493 e. The highest BCUT2D eigenvalue weighted by Crippen LogP contribution is 2.29. The van der Waals surface area contributed by atoms with Crippen molar-refractivity contribution in [2.24, 2.45) is 0 Å². The number of rotatable bonds is 2. The van der Waals surface area contributed by atoms with Gasteiger partial charge in [-0.1, -0.05) is 11.6 Å². The number of halogens is 1. The first-order valence-electron chi connectivity index (χ1n) is 4.13. The summed E-state index contributed by atoms with van der Waals surface area (Å²) in [7, 11) is 1.61. The maximum Gasteiger partial charge on any atom is 0.193 e. The van der Waals surface area contributed by atoms with E-state index in [1.165, 1.54) is 6.42 Å². The maximum atomic E-state index is 5.69. The van der Waals surface area contributed by atoms with Gasteiger partial charge in [0.15, 0.2) is 16.7 Å². The Labute approximate surface area is 81.5 Å². The van der Waals surface area contributed by atoms with Gasteiger partial charge >= 0.3 is 0 Å². The average Bonchev–Trinajstić information content (AvgIpc) is 2.05. The van der Waals surface area contributed by atoms with Gasteiger partial charge in [-0.2, -0.15) is 0 Å². The molecule has 5 heteroatoms. The van der Waals surface area contributed by atoms with E-state index in [2.05, 4.69) is 15.1 Å². The van der Waals surface area contributed by atoms with Gasteiger partial charge in [0.05, 0.1) is 7.11 Å². The van der Waals surface area contributed by atoms with Crippen LogP contribution in [0, 0.1) is 0 Å². The van der Waals surface area contributed by atoms with Crippen molar-refractivity contribution in [3.63, 3.8) is 0 Å². The number of hydrogen-bond donors (Lipinski definition) is 0. The SMILES string of the molecule is COc1cc(Cl)nnc1N1CCC1. The molecule has 0 aliphatic carbocycles. The lowest BCUT2D eigenvalue weighted by molar-refractivity contribution is 0.408. The predicted molar refractivity (Wildman–Crippen MR) is 50.4 cm³/mol. The zero-order valence-corrected chi connectivity index (χ0v) is 8.08. The monoisotopic (exact) mass is 199 g/mol. The van der Waals surface area contributed by atoms with Crippen molar-refractivity contribution >= 4 is 17.4 Å². The predicted octanol–water partition coefficient (Wildman–Crippen LogP) is 1.35. The lowest BCUT2D eigenvalue weighted by atomic mass is 10.2. The largest absolute Gasteiger partial charge is 0.493 e. The van der Waals surface area contributed by atoms with Crippen LogP contribution in [0.25, 0.3) is 0 Å². The summed E-state index contributed by atoms with van der Waals surface area (Å²) in [6.45, 7) is 2.04. The van der Waals surface area contributed by atoms with Crippen LogP contribution >= 0.6 is 11.6 Å². The summed E-state index contributed by atoms with van der Waals surface area (Å²) < 4.78 is 5.15. The van der Waals surface area contributed by atoms with Crippen LogP contribution < -0.4 is 9.64 Å². The Balaban J connectivity index is 2.32. The molecule has 0 bridgehead atoms. The standard InChI is InChI=1S/C8H10ClN3O/c1-13-6-5-7(9)10-11-8(6)12-3-2-4-12/h5H,2-4H2,1H3. The van der Waals surface area contributed by atoms with E-state index in [0.717, 1.165) is 18.9 Å². The molecule has 1 aliphatic rings. The van der Waals surface area contributed by atoms with Crippen LogP contribution in [0.4, 0.5) is 5.82 Å². The normalized spacial score (nSPS) is 15.4. The second-order valence-electron chi connectivity index (χ2n) is 2.90. The molecule has 1 fully saturated rings. The third kappa shape index (κ3) is 1.54. The van der Waals surface area contributed by atoms with Crippen LogP contribution in [0.3, 0.4) is 0 Å². The van der Waals surface area contributed by atoms with Crippen LogP contribution in [0.1, 0.15) is 6.42 Å². The molecule has 0 atom stereocenters. The summed E-state index contributed by atoms with van der Waals surface area (Å²) in [5, 5.41) is 8.14. The van der Waals surface area contributed by atoms with Crippen LogP contribution in [-0.2, 0) is 0 Å². The molecule has 0 spiro atoms. The number of methoxy groups -OCH3 is 1. The first kappa shape index (κ1) is 8.56. The van der Waals surface area contributed by atoms with Crippen molar-refractivity contribution in [3.8, 4) is 5.75 Å². The van der Waals surface area contributed by atoms with Gasteiger partial charge in [0.25, 0.3) is 0 Å². The highest BCUT2D eigenvalue weighted by molar-refractivity contribution is 6.29. The van der Waals surface area contributed by atoms with E-state index in [4.69, 9.17) is 16.3 Å². The van der Waals surface area contributed by atoms with Crippen molar-refractivity contribution in [2.45, 2.75) is 6.42 Å². The second-order valence-corrected chi connectivity index (χ2v) is 3.29. The summed E-state index contributed by atoms with van der Waals surface area (Å²) in [5.74, 6) is 1.48. The van der Waals surface area contributed by atoms with Crippen molar-refractivity contribution in [3.05, 3.63) is 11.2 Å². The molecule has 70 valence electrons. The van der Waals surface area contributed by atoms with Gasteiger partial charge in [0, 0.05) is 19.2 Å². The van der Waals surface area contributed by atoms with Gasteiger partial charge in [-0.15, -0.1) is 10.2 Å². The lowest BCUT2D eigenvalue weighted by Gasteiger charge is -2.32. The molecule has 13 heavy (non-hydrogen) atoms. The Hall–Kier alpha value is -1.03. The highest BCUT2D eigenvalue weighted by atomic mass is 35.5. The zero-order chi connectivity index (χ0) is 9.26. The third-order valence-corrected chi connectivity index (χ3v) is 2.27. The number of nitrogens with zero attached hydrogens (tertiary/aromatic N) is 3. The molecule has 2 rings (SSSR count). The highest BCUT2D eigenvalue weighted by Gasteiger charge is 2.20. The molecule has 1 aliphatic heterocycles. The summed E-state index contributed by atoms with van der Waals surface area (Å²) in [6.07, 6.45) is 1.20. The van der Waals surface area contributed by atoms with Crippen LogP contribution in [0.5, 0.6) is 5.75 Å². The summed E-state index contributed by atoms with van der Waals surface area (Å²) in [4.78, 5) is 2.11. The Morgan fingerprint density at radius 3 is 2.77 bits per heavy atom. The van der Waals surface area contributed by atoms with E-state index in [-0.39, 0.29) is 0 Å². The van der Waals surface area contributed by atoms with Crippen LogP contribution in [0.2, 0.25) is 5.15 Å². The Morgan fingerprint density at radius 1 is 1.46 bits per heavy atom. The van der Waals surface area contributed by atoms with E-state index >= 15 is 0 Å². The van der Waals surface area contributed by atoms with Gasteiger partial charge in [0.1, 0.15) is 0 Å². The molecule has 2 heterocycles. The molecule has 0 unspecified atom stereocenters. The van der Waals surface area contributed by atoms with Crippen LogP contribution in [0.15, 0.2) is 6.07 Å². The van der Waals surface area contributed by atoms with E-state index in [1.54, 1.807) is 13.2 Å². The van der Waals surface area contributed by atoms with Gasteiger partial charge < -0.3 is 9.64 Å². The number of aromatic nitrogens is 2. The smallest absolute Gasteiger partial charge is 0.193 e. The number of hydrogen-bond acceptors (Lipinski definition) is 4. The fraction of sp³-hybridized carbons (Fsp3) is 0.500. The molecule has 0 N–H and O–H groups in total. The Bertz CT molecular complexity index is 314. The van der Waals surface area contributed by atoms with E-state index in [9.17, 15) is 0 Å². The summed E-state index contributed by atoms with van der Waals surface area (Å²) in [5.41, 5.74) is 0. The second kappa shape index (κ2) is 3.38. The molecule has 0 amide bonds. The van der Waals surface area contributed by atoms with Crippen molar-refractivity contribution in [2.75, 3.05) is 25.1 Å². The quantitative estimate of drug-likeness (QED) is 0.721. The zero-order valence-electron chi connectivity index (χ0n) is 7.33. The van der Waals surface area contributed by atoms with Gasteiger partial charge in [0.2, 0.25) is 0 Å². The van der Waals surface area contributed by atoms with Gasteiger partial charge in [-0.25, -0.2) is 0 Å². The molecule has 0 aromatic carbocycles. The first-order chi connectivity index (χ1) is 6.31. The minimum absolute atomic E-state index is 0.362.